The van der Waals surface area contributed by atoms with Crippen LogP contribution in [0.5, 0.6) is 0 Å². The molecule has 0 bridgehead atoms. The summed E-state index contributed by atoms with van der Waals surface area (Å²) in [6.07, 6.45) is 2.34. The van der Waals surface area contributed by atoms with Gasteiger partial charge in [-0.05, 0) is 17.2 Å². The molecule has 0 saturated carbocycles. The molecule has 0 spiro atoms. The van der Waals surface area contributed by atoms with E-state index in [1.807, 2.05) is 30.3 Å². The summed E-state index contributed by atoms with van der Waals surface area (Å²) >= 11 is 0. The summed E-state index contributed by atoms with van der Waals surface area (Å²) in [4.78, 5) is 24.6. The highest BCUT2D eigenvalue weighted by Gasteiger charge is 2.33. The van der Waals surface area contributed by atoms with Gasteiger partial charge >= 0.3 is 0 Å². The number of rotatable bonds is 3. The Morgan fingerprint density at radius 2 is 1.91 bits per heavy atom. The topological polar surface area (TPSA) is 63.5 Å². The Balaban J connectivity index is 1.90. The van der Waals surface area contributed by atoms with Gasteiger partial charge < -0.3 is 4.90 Å². The summed E-state index contributed by atoms with van der Waals surface area (Å²) in [5, 5.41) is 10.9. The van der Waals surface area contributed by atoms with Crippen LogP contribution in [0.2, 0.25) is 0 Å². The zero-order chi connectivity index (χ0) is 16.4. The van der Waals surface area contributed by atoms with E-state index in [1.165, 1.54) is 12.1 Å². The molecule has 23 heavy (non-hydrogen) atoms. The standard InChI is InChI=1S/C18H16N2O3/c1-19-17(14-7-3-2-4-8-14)12-15(18(19)21)10-13-6-5-9-16(11-13)20(22)23/h2-11,17H,12H2,1H3/b15-10+. The van der Waals surface area contributed by atoms with E-state index in [-0.39, 0.29) is 17.6 Å². The van der Waals surface area contributed by atoms with Gasteiger partial charge in [0.15, 0.2) is 0 Å². The summed E-state index contributed by atoms with van der Waals surface area (Å²) in [6.45, 7) is 0. The van der Waals surface area contributed by atoms with E-state index in [4.69, 9.17) is 0 Å². The first-order valence-corrected chi connectivity index (χ1v) is 7.33. The summed E-state index contributed by atoms with van der Waals surface area (Å²) in [5.41, 5.74) is 2.45. The minimum absolute atomic E-state index is 0.00801. The third-order valence-electron chi connectivity index (χ3n) is 4.08. The fourth-order valence-corrected chi connectivity index (χ4v) is 2.87. The summed E-state index contributed by atoms with van der Waals surface area (Å²) < 4.78 is 0. The van der Waals surface area contributed by atoms with E-state index >= 15 is 0 Å². The predicted octanol–water partition coefficient (Wildman–Crippen LogP) is 3.58. The van der Waals surface area contributed by atoms with Crippen molar-refractivity contribution < 1.29 is 9.72 Å². The maximum absolute atomic E-state index is 12.4. The minimum Gasteiger partial charge on any atom is -0.335 e. The average molecular weight is 308 g/mol. The molecule has 1 saturated heterocycles. The fourth-order valence-electron chi connectivity index (χ4n) is 2.87. The van der Waals surface area contributed by atoms with Gasteiger partial charge in [0.1, 0.15) is 0 Å². The molecule has 3 rings (SSSR count). The van der Waals surface area contributed by atoms with Gasteiger partial charge in [-0.15, -0.1) is 0 Å². The Bertz CT molecular complexity index is 784. The number of hydrogen-bond acceptors (Lipinski definition) is 3. The SMILES string of the molecule is CN1C(=O)/C(=C/c2cccc([N+](=O)[O-])c2)CC1c1ccccc1. The van der Waals surface area contributed by atoms with Crippen LogP contribution in [0.1, 0.15) is 23.6 Å². The Morgan fingerprint density at radius 3 is 2.61 bits per heavy atom. The molecule has 0 aromatic heterocycles. The molecule has 1 heterocycles. The monoisotopic (exact) mass is 308 g/mol. The van der Waals surface area contributed by atoms with Gasteiger partial charge in [0, 0.05) is 31.2 Å². The van der Waals surface area contributed by atoms with Crippen LogP contribution in [0.25, 0.3) is 6.08 Å². The summed E-state index contributed by atoms with van der Waals surface area (Å²) in [6, 6.07) is 16.2. The van der Waals surface area contributed by atoms with Crippen LogP contribution in [-0.2, 0) is 4.79 Å². The lowest BCUT2D eigenvalue weighted by Crippen LogP contribution is -2.22. The van der Waals surface area contributed by atoms with Crippen LogP contribution < -0.4 is 0 Å². The molecular weight excluding hydrogens is 292 g/mol. The third kappa shape index (κ3) is 2.99. The molecule has 5 nitrogen and oxygen atoms in total. The third-order valence-corrected chi connectivity index (χ3v) is 4.08. The van der Waals surface area contributed by atoms with Gasteiger partial charge in [-0.25, -0.2) is 0 Å². The predicted molar refractivity (Wildman–Crippen MR) is 87.6 cm³/mol. The molecule has 1 fully saturated rings. The normalized spacial score (nSPS) is 19.3. The lowest BCUT2D eigenvalue weighted by Gasteiger charge is -2.19. The number of amides is 1. The highest BCUT2D eigenvalue weighted by atomic mass is 16.6. The number of likely N-dealkylation sites (tertiary alicyclic amines) is 1. The molecule has 5 heteroatoms. The van der Waals surface area contributed by atoms with Crippen molar-refractivity contribution in [1.82, 2.24) is 4.90 Å². The first-order valence-electron chi connectivity index (χ1n) is 7.33. The van der Waals surface area contributed by atoms with Gasteiger partial charge in [0.25, 0.3) is 5.69 Å². The molecule has 116 valence electrons. The van der Waals surface area contributed by atoms with Crippen LogP contribution in [-0.4, -0.2) is 22.8 Å². The van der Waals surface area contributed by atoms with Crippen molar-refractivity contribution in [1.29, 1.82) is 0 Å². The van der Waals surface area contributed by atoms with Crippen LogP contribution in [0.3, 0.4) is 0 Å². The Kier molecular flexibility index (Phi) is 3.93. The number of carbonyl (C=O) groups excluding carboxylic acids is 1. The number of nitrogens with zero attached hydrogens (tertiary/aromatic N) is 2. The van der Waals surface area contributed by atoms with Crippen LogP contribution in [0.4, 0.5) is 5.69 Å². The second-order valence-corrected chi connectivity index (χ2v) is 5.57. The second-order valence-electron chi connectivity index (χ2n) is 5.57. The van der Waals surface area contributed by atoms with Gasteiger partial charge in [0.05, 0.1) is 11.0 Å². The van der Waals surface area contributed by atoms with Gasteiger partial charge in [-0.3, -0.25) is 14.9 Å². The zero-order valence-corrected chi connectivity index (χ0v) is 12.7. The van der Waals surface area contributed by atoms with Crippen molar-refractivity contribution >= 4 is 17.7 Å². The maximum atomic E-state index is 12.4. The fraction of sp³-hybridized carbons (Fsp3) is 0.167. The van der Waals surface area contributed by atoms with Crippen molar-refractivity contribution in [3.8, 4) is 0 Å². The van der Waals surface area contributed by atoms with Gasteiger partial charge in [-0.1, -0.05) is 42.5 Å². The Morgan fingerprint density at radius 1 is 1.17 bits per heavy atom. The van der Waals surface area contributed by atoms with E-state index in [2.05, 4.69) is 0 Å². The van der Waals surface area contributed by atoms with E-state index in [9.17, 15) is 14.9 Å². The van der Waals surface area contributed by atoms with Crippen LogP contribution in [0.15, 0.2) is 60.2 Å². The van der Waals surface area contributed by atoms with Gasteiger partial charge in [0.2, 0.25) is 5.91 Å². The quantitative estimate of drug-likeness (QED) is 0.494. The Labute approximate surface area is 134 Å². The molecule has 2 aromatic rings. The number of carbonyl (C=O) groups is 1. The van der Waals surface area contributed by atoms with Gasteiger partial charge in [-0.2, -0.15) is 0 Å². The van der Waals surface area contributed by atoms with Crippen LogP contribution >= 0.6 is 0 Å². The lowest BCUT2D eigenvalue weighted by molar-refractivity contribution is -0.384. The molecule has 1 unspecified atom stereocenters. The number of likely N-dealkylation sites (N-methyl/N-ethyl adjacent to an activating group) is 1. The Hall–Kier alpha value is -2.95. The molecule has 1 atom stereocenters. The average Bonchev–Trinajstić information content (AvgIpc) is 2.84. The number of non-ortho nitro benzene ring substituents is 1. The number of nitro groups is 1. The number of benzene rings is 2. The van der Waals surface area contributed by atoms with E-state index in [0.29, 0.717) is 17.6 Å². The molecular formula is C18H16N2O3. The van der Waals surface area contributed by atoms with Crippen molar-refractivity contribution in [2.45, 2.75) is 12.5 Å². The van der Waals surface area contributed by atoms with Crippen molar-refractivity contribution in [3.05, 3.63) is 81.4 Å². The first-order chi connectivity index (χ1) is 11.1. The molecule has 0 aliphatic carbocycles. The van der Waals surface area contributed by atoms with Crippen LogP contribution in [0, 0.1) is 10.1 Å². The summed E-state index contributed by atoms with van der Waals surface area (Å²) in [7, 11) is 1.79. The van der Waals surface area contributed by atoms with E-state index in [0.717, 1.165) is 5.56 Å². The highest BCUT2D eigenvalue weighted by molar-refractivity contribution is 6.00. The van der Waals surface area contributed by atoms with Crippen molar-refractivity contribution in [2.75, 3.05) is 7.05 Å². The molecule has 0 radical (unpaired) electrons. The smallest absolute Gasteiger partial charge is 0.270 e. The van der Waals surface area contributed by atoms with Crippen molar-refractivity contribution in [2.24, 2.45) is 0 Å². The molecule has 1 amide bonds. The number of nitro benzene ring substituents is 1. The highest BCUT2D eigenvalue weighted by Crippen LogP contribution is 2.35. The van der Waals surface area contributed by atoms with E-state index < -0.39 is 4.92 Å². The van der Waals surface area contributed by atoms with Crippen molar-refractivity contribution in [3.63, 3.8) is 0 Å². The lowest BCUT2D eigenvalue weighted by atomic mass is 10.0. The number of hydrogen-bond donors (Lipinski definition) is 0. The largest absolute Gasteiger partial charge is 0.335 e. The van der Waals surface area contributed by atoms with E-state index in [1.54, 1.807) is 30.2 Å². The summed E-state index contributed by atoms with van der Waals surface area (Å²) in [5.74, 6) is -0.0367. The molecule has 1 aliphatic heterocycles. The molecule has 2 aromatic carbocycles. The zero-order valence-electron chi connectivity index (χ0n) is 12.7. The molecule has 0 N–H and O–H groups in total. The minimum atomic E-state index is -0.433. The molecule has 1 aliphatic rings. The second kappa shape index (κ2) is 6.04. The first kappa shape index (κ1) is 15.0. The maximum Gasteiger partial charge on any atom is 0.270 e.